The van der Waals surface area contributed by atoms with E-state index in [1.807, 2.05) is 13.3 Å². The number of rotatable bonds is 1. The molecule has 0 spiro atoms. The molecule has 3 nitrogen and oxygen atoms in total. The first-order valence-electron chi connectivity index (χ1n) is 3.95. The van der Waals surface area contributed by atoms with E-state index in [2.05, 4.69) is 9.97 Å². The average molecular weight is 195 g/mol. The number of aromatic amines is 1. The van der Waals surface area contributed by atoms with Crippen molar-refractivity contribution in [3.63, 3.8) is 0 Å². The summed E-state index contributed by atoms with van der Waals surface area (Å²) in [7, 11) is 0. The van der Waals surface area contributed by atoms with Crippen LogP contribution in [0, 0.1) is 6.42 Å². The lowest BCUT2D eigenvalue weighted by atomic mass is 10.3. The van der Waals surface area contributed by atoms with Crippen LogP contribution >= 0.6 is 11.6 Å². The van der Waals surface area contributed by atoms with Crippen molar-refractivity contribution >= 4 is 28.3 Å². The van der Waals surface area contributed by atoms with Crippen molar-refractivity contribution in [2.45, 2.75) is 6.92 Å². The Kier molecular flexibility index (Phi) is 1.88. The zero-order valence-corrected chi connectivity index (χ0v) is 7.89. The highest BCUT2D eigenvalue weighted by molar-refractivity contribution is 6.31. The lowest BCUT2D eigenvalue weighted by Gasteiger charge is -1.95. The van der Waals surface area contributed by atoms with Crippen LogP contribution in [0.1, 0.15) is 12.7 Å². The summed E-state index contributed by atoms with van der Waals surface area (Å²) in [5, 5.41) is 0.610. The minimum atomic E-state index is 0.610. The predicted molar refractivity (Wildman–Crippen MR) is 54.6 cm³/mol. The van der Waals surface area contributed by atoms with Crippen LogP contribution in [0.5, 0.6) is 0 Å². The standard InChI is InChI=1S/C9H9ClN3/c1-2-8-12-7-4-5(10)3-6(11)9(7)13-8/h2-4H,11H2,1H3,(H,12,13). The first-order valence-corrected chi connectivity index (χ1v) is 4.32. The molecule has 0 atom stereocenters. The number of nitrogens with two attached hydrogens (primary N) is 1. The Bertz CT molecular complexity index is 447. The molecule has 0 aliphatic carbocycles. The maximum Gasteiger partial charge on any atom is 0.110 e. The maximum absolute atomic E-state index is 5.83. The van der Waals surface area contributed by atoms with Crippen molar-refractivity contribution < 1.29 is 0 Å². The van der Waals surface area contributed by atoms with Gasteiger partial charge in [0, 0.05) is 11.4 Å². The number of benzene rings is 1. The molecule has 13 heavy (non-hydrogen) atoms. The number of imidazole rings is 1. The molecule has 0 bridgehead atoms. The first kappa shape index (κ1) is 8.38. The van der Waals surface area contributed by atoms with Crippen molar-refractivity contribution in [1.29, 1.82) is 0 Å². The molecule has 0 aliphatic heterocycles. The molecule has 67 valence electrons. The van der Waals surface area contributed by atoms with Gasteiger partial charge in [-0.05, 0) is 12.1 Å². The third-order valence-electron chi connectivity index (χ3n) is 1.88. The summed E-state index contributed by atoms with van der Waals surface area (Å²) in [6.45, 7) is 1.91. The number of aromatic nitrogens is 2. The van der Waals surface area contributed by atoms with Crippen LogP contribution in [-0.2, 0) is 0 Å². The van der Waals surface area contributed by atoms with Crippen LogP contribution in [0.4, 0.5) is 5.69 Å². The van der Waals surface area contributed by atoms with E-state index in [1.165, 1.54) is 0 Å². The fourth-order valence-electron chi connectivity index (χ4n) is 1.26. The van der Waals surface area contributed by atoms with Gasteiger partial charge in [0.25, 0.3) is 0 Å². The number of hydrogen-bond donors (Lipinski definition) is 2. The Morgan fingerprint density at radius 2 is 2.31 bits per heavy atom. The molecule has 3 N–H and O–H groups in total. The maximum atomic E-state index is 5.83. The Morgan fingerprint density at radius 3 is 3.00 bits per heavy atom. The second-order valence-corrected chi connectivity index (χ2v) is 3.24. The molecule has 0 amide bonds. The van der Waals surface area contributed by atoms with E-state index in [0.29, 0.717) is 10.7 Å². The summed E-state index contributed by atoms with van der Waals surface area (Å²) >= 11 is 5.83. The number of H-pyrrole nitrogens is 1. The van der Waals surface area contributed by atoms with E-state index < -0.39 is 0 Å². The number of nitrogen functional groups attached to an aromatic ring is 1. The molecule has 0 aliphatic rings. The summed E-state index contributed by atoms with van der Waals surface area (Å²) in [6.07, 6.45) is 1.88. The number of nitrogens with one attached hydrogen (secondary N) is 1. The number of nitrogens with zero attached hydrogens (tertiary/aromatic N) is 1. The molecule has 1 aromatic heterocycles. The zero-order valence-electron chi connectivity index (χ0n) is 7.13. The minimum Gasteiger partial charge on any atom is -0.397 e. The van der Waals surface area contributed by atoms with Crippen molar-refractivity contribution in [1.82, 2.24) is 9.97 Å². The van der Waals surface area contributed by atoms with Gasteiger partial charge in [-0.3, -0.25) is 0 Å². The fourth-order valence-corrected chi connectivity index (χ4v) is 1.48. The summed E-state index contributed by atoms with van der Waals surface area (Å²) in [6, 6.07) is 3.50. The Balaban J connectivity index is 2.75. The lowest BCUT2D eigenvalue weighted by molar-refractivity contribution is 1.17. The molecule has 2 rings (SSSR count). The molecule has 1 heterocycles. The SMILES string of the molecule is C[CH]c1nc2cc(Cl)cc(N)c2[nH]1. The van der Waals surface area contributed by atoms with Crippen LogP contribution in [0.3, 0.4) is 0 Å². The van der Waals surface area contributed by atoms with E-state index in [-0.39, 0.29) is 0 Å². The van der Waals surface area contributed by atoms with Crippen molar-refractivity contribution in [2.24, 2.45) is 0 Å². The summed E-state index contributed by atoms with van der Waals surface area (Å²) in [5.74, 6) is 0.809. The van der Waals surface area contributed by atoms with Crippen LogP contribution in [0.25, 0.3) is 11.0 Å². The van der Waals surface area contributed by atoms with Crippen molar-refractivity contribution in [3.05, 3.63) is 29.4 Å². The van der Waals surface area contributed by atoms with Gasteiger partial charge in [-0.25, -0.2) is 4.98 Å². The number of hydrogen-bond acceptors (Lipinski definition) is 2. The van der Waals surface area contributed by atoms with Gasteiger partial charge in [-0.2, -0.15) is 0 Å². The molecule has 0 unspecified atom stereocenters. The van der Waals surface area contributed by atoms with Crippen LogP contribution < -0.4 is 5.73 Å². The van der Waals surface area contributed by atoms with Crippen molar-refractivity contribution in [3.8, 4) is 0 Å². The normalized spacial score (nSPS) is 10.9. The van der Waals surface area contributed by atoms with Gasteiger partial charge in [0.1, 0.15) is 5.82 Å². The molecule has 0 saturated carbocycles. The molecular formula is C9H9ClN3. The molecule has 0 saturated heterocycles. The Labute approximate surface area is 80.9 Å². The number of anilines is 1. The zero-order chi connectivity index (χ0) is 9.42. The lowest BCUT2D eigenvalue weighted by Crippen LogP contribution is -1.86. The highest BCUT2D eigenvalue weighted by atomic mass is 35.5. The Hall–Kier alpha value is -1.22. The van der Waals surface area contributed by atoms with E-state index >= 15 is 0 Å². The van der Waals surface area contributed by atoms with Gasteiger partial charge in [0.2, 0.25) is 0 Å². The summed E-state index contributed by atoms with van der Waals surface area (Å²) in [4.78, 5) is 7.37. The van der Waals surface area contributed by atoms with Gasteiger partial charge < -0.3 is 10.7 Å². The van der Waals surface area contributed by atoms with E-state index in [9.17, 15) is 0 Å². The molecule has 1 radical (unpaired) electrons. The number of fused-ring (bicyclic) bond motifs is 1. The van der Waals surface area contributed by atoms with Crippen LogP contribution in [-0.4, -0.2) is 9.97 Å². The van der Waals surface area contributed by atoms with Crippen LogP contribution in [0.15, 0.2) is 12.1 Å². The van der Waals surface area contributed by atoms with Gasteiger partial charge in [-0.1, -0.05) is 18.5 Å². The third kappa shape index (κ3) is 1.35. The highest BCUT2D eigenvalue weighted by Crippen LogP contribution is 2.24. The smallest absolute Gasteiger partial charge is 0.110 e. The second kappa shape index (κ2) is 2.92. The second-order valence-electron chi connectivity index (χ2n) is 2.80. The van der Waals surface area contributed by atoms with Gasteiger partial charge in [0.05, 0.1) is 16.7 Å². The topological polar surface area (TPSA) is 54.7 Å². The van der Waals surface area contributed by atoms with Gasteiger partial charge in [-0.15, -0.1) is 0 Å². The van der Waals surface area contributed by atoms with E-state index in [1.54, 1.807) is 12.1 Å². The summed E-state index contributed by atoms with van der Waals surface area (Å²) in [5.41, 5.74) is 8.03. The summed E-state index contributed by atoms with van der Waals surface area (Å²) < 4.78 is 0. The largest absolute Gasteiger partial charge is 0.397 e. The third-order valence-corrected chi connectivity index (χ3v) is 2.10. The Morgan fingerprint density at radius 1 is 1.54 bits per heavy atom. The van der Waals surface area contributed by atoms with Crippen molar-refractivity contribution in [2.75, 3.05) is 5.73 Å². The molecule has 4 heteroatoms. The predicted octanol–water partition coefficient (Wildman–Crippen LogP) is 2.37. The van der Waals surface area contributed by atoms with Gasteiger partial charge in [0.15, 0.2) is 0 Å². The van der Waals surface area contributed by atoms with E-state index in [4.69, 9.17) is 17.3 Å². The quantitative estimate of drug-likeness (QED) is 0.685. The average Bonchev–Trinajstić information content (AvgIpc) is 2.47. The monoisotopic (exact) mass is 194 g/mol. The number of halogens is 1. The molecule has 1 aromatic carbocycles. The van der Waals surface area contributed by atoms with Crippen LogP contribution in [0.2, 0.25) is 5.02 Å². The first-order chi connectivity index (χ1) is 6.20. The minimum absolute atomic E-state index is 0.610. The van der Waals surface area contributed by atoms with E-state index in [0.717, 1.165) is 16.9 Å². The fraction of sp³-hybridized carbons (Fsp3) is 0.111. The molecule has 2 aromatic rings. The molecular weight excluding hydrogens is 186 g/mol. The van der Waals surface area contributed by atoms with Gasteiger partial charge >= 0.3 is 0 Å². The molecule has 0 fully saturated rings. The highest BCUT2D eigenvalue weighted by Gasteiger charge is 2.05.